The van der Waals surface area contributed by atoms with Crippen molar-refractivity contribution in [2.45, 2.75) is 44.4 Å². The van der Waals surface area contributed by atoms with E-state index in [4.69, 9.17) is 5.11 Å². The van der Waals surface area contributed by atoms with Gasteiger partial charge in [0.2, 0.25) is 0 Å². The van der Waals surface area contributed by atoms with E-state index in [2.05, 4.69) is 19.1 Å². The first kappa shape index (κ1) is 11.2. The summed E-state index contributed by atoms with van der Waals surface area (Å²) in [6.07, 6.45) is 4.39. The Labute approximate surface area is 96.3 Å². The topological polar surface area (TPSA) is 37.3 Å². The van der Waals surface area contributed by atoms with E-state index >= 15 is 0 Å². The quantitative estimate of drug-likeness (QED) is 0.846. The van der Waals surface area contributed by atoms with Gasteiger partial charge in [-0.3, -0.25) is 4.79 Å². The van der Waals surface area contributed by atoms with Gasteiger partial charge in [-0.1, -0.05) is 31.2 Å². The number of rotatable bonds is 3. The Kier molecular flexibility index (Phi) is 2.99. The molecule has 16 heavy (non-hydrogen) atoms. The van der Waals surface area contributed by atoms with Crippen LogP contribution in [0.2, 0.25) is 0 Å². The zero-order valence-corrected chi connectivity index (χ0v) is 9.70. The summed E-state index contributed by atoms with van der Waals surface area (Å²) in [5.74, 6) is -0.682. The summed E-state index contributed by atoms with van der Waals surface area (Å²) < 4.78 is 0. The lowest BCUT2D eigenvalue weighted by molar-refractivity contribution is -0.138. The van der Waals surface area contributed by atoms with Crippen LogP contribution < -0.4 is 0 Å². The largest absolute Gasteiger partial charge is 0.481 e. The molecule has 0 saturated carbocycles. The van der Waals surface area contributed by atoms with Crippen LogP contribution in [0.25, 0.3) is 0 Å². The average Bonchev–Trinajstić information content (AvgIpc) is 2.29. The van der Waals surface area contributed by atoms with Crippen molar-refractivity contribution < 1.29 is 9.90 Å². The molecule has 86 valence electrons. The predicted molar refractivity (Wildman–Crippen MR) is 63.6 cm³/mol. The number of benzene rings is 1. The number of carboxylic acids is 1. The van der Waals surface area contributed by atoms with Crippen molar-refractivity contribution in [3.05, 3.63) is 35.4 Å². The van der Waals surface area contributed by atoms with Crippen LogP contribution in [0.15, 0.2) is 24.3 Å². The Morgan fingerprint density at radius 1 is 1.44 bits per heavy atom. The van der Waals surface area contributed by atoms with Crippen molar-refractivity contribution in [3.63, 3.8) is 0 Å². The SMILES string of the molecule is CC[C@@]1(CC(=O)O)CCCc2ccccc21. The first-order valence-corrected chi connectivity index (χ1v) is 5.98. The van der Waals surface area contributed by atoms with Crippen LogP contribution in [-0.4, -0.2) is 11.1 Å². The van der Waals surface area contributed by atoms with Crippen molar-refractivity contribution in [1.82, 2.24) is 0 Å². The molecule has 2 rings (SSSR count). The van der Waals surface area contributed by atoms with Crippen molar-refractivity contribution in [1.29, 1.82) is 0 Å². The molecule has 0 fully saturated rings. The van der Waals surface area contributed by atoms with Crippen LogP contribution in [0.5, 0.6) is 0 Å². The summed E-state index contributed by atoms with van der Waals surface area (Å²) in [7, 11) is 0. The van der Waals surface area contributed by atoms with Crippen LogP contribution in [0, 0.1) is 0 Å². The lowest BCUT2D eigenvalue weighted by Crippen LogP contribution is -2.32. The van der Waals surface area contributed by atoms with Gasteiger partial charge in [0.1, 0.15) is 0 Å². The number of hydrogen-bond donors (Lipinski definition) is 1. The van der Waals surface area contributed by atoms with Gasteiger partial charge in [0.25, 0.3) is 0 Å². The maximum atomic E-state index is 11.0. The van der Waals surface area contributed by atoms with Crippen LogP contribution in [0.4, 0.5) is 0 Å². The lowest BCUT2D eigenvalue weighted by Gasteiger charge is -2.37. The summed E-state index contributed by atoms with van der Waals surface area (Å²) in [6.45, 7) is 2.10. The van der Waals surface area contributed by atoms with Crippen molar-refractivity contribution in [2.24, 2.45) is 0 Å². The minimum atomic E-state index is -0.682. The number of aliphatic carboxylic acids is 1. The number of carbonyl (C=O) groups is 1. The normalized spacial score (nSPS) is 23.8. The Balaban J connectivity index is 2.44. The van der Waals surface area contributed by atoms with E-state index in [-0.39, 0.29) is 11.8 Å². The molecule has 2 nitrogen and oxygen atoms in total. The fourth-order valence-corrected chi connectivity index (χ4v) is 2.97. The van der Waals surface area contributed by atoms with E-state index in [1.54, 1.807) is 0 Å². The molecule has 0 radical (unpaired) electrons. The average molecular weight is 218 g/mol. The summed E-state index contributed by atoms with van der Waals surface area (Å²) in [5, 5.41) is 9.09. The summed E-state index contributed by atoms with van der Waals surface area (Å²) in [5.41, 5.74) is 2.49. The van der Waals surface area contributed by atoms with Crippen LogP contribution >= 0.6 is 0 Å². The van der Waals surface area contributed by atoms with E-state index in [9.17, 15) is 4.79 Å². The van der Waals surface area contributed by atoms with Gasteiger partial charge in [-0.2, -0.15) is 0 Å². The molecule has 1 aliphatic rings. The second-order valence-corrected chi connectivity index (χ2v) is 4.72. The molecule has 1 aliphatic carbocycles. The molecular weight excluding hydrogens is 200 g/mol. The van der Waals surface area contributed by atoms with Crippen molar-refractivity contribution in [3.8, 4) is 0 Å². The standard InChI is InChI=1S/C14H18O2/c1-2-14(10-13(15)16)9-5-7-11-6-3-4-8-12(11)14/h3-4,6,8H,2,5,7,9-10H2,1H3,(H,15,16)/t14-/m0/s1. The Bertz CT molecular complexity index is 397. The van der Waals surface area contributed by atoms with Crippen molar-refractivity contribution in [2.75, 3.05) is 0 Å². The van der Waals surface area contributed by atoms with Gasteiger partial charge in [0, 0.05) is 5.41 Å². The molecule has 0 aromatic heterocycles. The van der Waals surface area contributed by atoms with Crippen LogP contribution in [0.3, 0.4) is 0 Å². The molecule has 0 unspecified atom stereocenters. The summed E-state index contributed by atoms with van der Waals surface area (Å²) in [4.78, 5) is 11.0. The van der Waals surface area contributed by atoms with Crippen molar-refractivity contribution >= 4 is 5.97 Å². The molecule has 0 aliphatic heterocycles. The molecule has 1 atom stereocenters. The third-order valence-corrected chi connectivity index (χ3v) is 3.86. The van der Waals surface area contributed by atoms with Gasteiger partial charge >= 0.3 is 5.97 Å². The minimum Gasteiger partial charge on any atom is -0.481 e. The van der Waals surface area contributed by atoms with Gasteiger partial charge in [0.15, 0.2) is 0 Å². The van der Waals surface area contributed by atoms with Gasteiger partial charge < -0.3 is 5.11 Å². The fourth-order valence-electron chi connectivity index (χ4n) is 2.97. The molecule has 0 amide bonds. The molecule has 1 aromatic rings. The fraction of sp³-hybridized carbons (Fsp3) is 0.500. The van der Waals surface area contributed by atoms with Crippen LogP contribution in [0.1, 0.15) is 43.7 Å². The third kappa shape index (κ3) is 1.84. The van der Waals surface area contributed by atoms with E-state index in [1.165, 1.54) is 11.1 Å². The first-order valence-electron chi connectivity index (χ1n) is 5.98. The highest BCUT2D eigenvalue weighted by atomic mass is 16.4. The first-order chi connectivity index (χ1) is 7.68. The molecule has 2 heteroatoms. The van der Waals surface area contributed by atoms with E-state index < -0.39 is 5.97 Å². The highest BCUT2D eigenvalue weighted by molar-refractivity contribution is 5.69. The Hall–Kier alpha value is -1.31. The second-order valence-electron chi connectivity index (χ2n) is 4.72. The van der Waals surface area contributed by atoms with Gasteiger partial charge in [-0.15, -0.1) is 0 Å². The maximum absolute atomic E-state index is 11.0. The van der Waals surface area contributed by atoms with Gasteiger partial charge in [0.05, 0.1) is 6.42 Å². The van der Waals surface area contributed by atoms with Gasteiger partial charge in [-0.05, 0) is 36.8 Å². The molecule has 1 N–H and O–H groups in total. The number of aryl methyl sites for hydroxylation is 1. The summed E-state index contributed by atoms with van der Waals surface area (Å²) in [6, 6.07) is 8.32. The Morgan fingerprint density at radius 2 is 2.19 bits per heavy atom. The highest BCUT2D eigenvalue weighted by Gasteiger charge is 2.36. The van der Waals surface area contributed by atoms with Crippen LogP contribution in [-0.2, 0) is 16.6 Å². The maximum Gasteiger partial charge on any atom is 0.304 e. The number of hydrogen-bond acceptors (Lipinski definition) is 1. The summed E-state index contributed by atoms with van der Waals surface area (Å²) >= 11 is 0. The number of fused-ring (bicyclic) bond motifs is 1. The molecular formula is C14H18O2. The molecule has 0 bridgehead atoms. The smallest absolute Gasteiger partial charge is 0.304 e. The predicted octanol–water partition coefficient (Wildman–Crippen LogP) is 3.15. The third-order valence-electron chi connectivity index (χ3n) is 3.86. The monoisotopic (exact) mass is 218 g/mol. The highest BCUT2D eigenvalue weighted by Crippen LogP contribution is 2.42. The van der Waals surface area contributed by atoms with E-state index in [1.807, 2.05) is 12.1 Å². The molecule has 0 heterocycles. The minimum absolute atomic E-state index is 0.124. The molecule has 0 saturated heterocycles. The second kappa shape index (κ2) is 4.28. The van der Waals surface area contributed by atoms with E-state index in [0.29, 0.717) is 0 Å². The zero-order chi connectivity index (χ0) is 11.6. The lowest BCUT2D eigenvalue weighted by atomic mass is 9.66. The zero-order valence-electron chi connectivity index (χ0n) is 9.70. The number of carboxylic acid groups (broad SMARTS) is 1. The molecule has 0 spiro atoms. The molecule has 1 aromatic carbocycles. The van der Waals surface area contributed by atoms with E-state index in [0.717, 1.165) is 25.7 Å². The van der Waals surface area contributed by atoms with Gasteiger partial charge in [-0.25, -0.2) is 0 Å². The Morgan fingerprint density at radius 3 is 2.88 bits per heavy atom.